The molecular formula is C31H41FN2O5Si. The molecule has 5 rings (SSSR count). The van der Waals surface area contributed by atoms with E-state index in [4.69, 9.17) is 9.47 Å². The van der Waals surface area contributed by atoms with Gasteiger partial charge in [0.15, 0.2) is 0 Å². The minimum atomic E-state index is -3.40. The SMILES string of the molecule is CO[C@@H]1c2cc(N3CCCCC3=O)ccc2O[C@H](C(CC(=O)N2Cc3ccccc3C[C@H]2CO)[Si](C)(C)F)[C@H]1C. The largest absolute Gasteiger partial charge is 0.490 e. The molecule has 5 atom stereocenters. The topological polar surface area (TPSA) is 79.3 Å². The van der Waals surface area contributed by atoms with E-state index in [9.17, 15) is 14.7 Å². The fraction of sp³-hybridized carbons (Fsp3) is 0.548. The monoisotopic (exact) mass is 568 g/mol. The van der Waals surface area contributed by atoms with Crippen LogP contribution in [0.4, 0.5) is 9.80 Å². The first-order valence-corrected chi connectivity index (χ1v) is 17.4. The zero-order valence-electron chi connectivity index (χ0n) is 23.9. The summed E-state index contributed by atoms with van der Waals surface area (Å²) in [5.41, 5.74) is 3.26. The van der Waals surface area contributed by atoms with Crippen molar-refractivity contribution in [2.45, 2.75) is 82.5 Å². The molecule has 3 aliphatic heterocycles. The average Bonchev–Trinajstić information content (AvgIpc) is 2.94. The van der Waals surface area contributed by atoms with Gasteiger partial charge < -0.3 is 28.5 Å². The lowest BCUT2D eigenvalue weighted by molar-refractivity contribution is -0.136. The third kappa shape index (κ3) is 5.56. The molecule has 2 aromatic rings. The number of amides is 2. The first kappa shape index (κ1) is 28.8. The molecule has 40 heavy (non-hydrogen) atoms. The van der Waals surface area contributed by atoms with Gasteiger partial charge in [-0.25, -0.2) is 0 Å². The van der Waals surface area contributed by atoms with Gasteiger partial charge in [0.05, 0.1) is 18.8 Å². The van der Waals surface area contributed by atoms with E-state index in [1.54, 1.807) is 25.1 Å². The Morgan fingerprint density at radius 1 is 1.20 bits per heavy atom. The molecule has 0 bridgehead atoms. The Morgan fingerprint density at radius 3 is 2.62 bits per heavy atom. The first-order chi connectivity index (χ1) is 19.1. The van der Waals surface area contributed by atoms with Crippen molar-refractivity contribution in [2.75, 3.05) is 25.2 Å². The van der Waals surface area contributed by atoms with Gasteiger partial charge in [-0.05, 0) is 61.7 Å². The quantitative estimate of drug-likeness (QED) is 0.368. The van der Waals surface area contributed by atoms with E-state index in [0.717, 1.165) is 35.2 Å². The number of aliphatic hydroxyl groups is 1. The number of carbonyl (C=O) groups is 2. The summed E-state index contributed by atoms with van der Waals surface area (Å²) in [7, 11) is -1.76. The molecule has 1 N–H and O–H groups in total. The Kier molecular flexibility index (Phi) is 8.36. The molecule has 3 heterocycles. The summed E-state index contributed by atoms with van der Waals surface area (Å²) >= 11 is 0. The van der Waals surface area contributed by atoms with Crippen LogP contribution in [0.3, 0.4) is 0 Å². The highest BCUT2D eigenvalue weighted by Crippen LogP contribution is 2.48. The number of piperidine rings is 1. The molecule has 2 amide bonds. The predicted octanol–water partition coefficient (Wildman–Crippen LogP) is 5.17. The summed E-state index contributed by atoms with van der Waals surface area (Å²) in [5, 5.41) is 10.1. The molecule has 216 valence electrons. The molecule has 0 saturated carbocycles. The van der Waals surface area contributed by atoms with Crippen molar-refractivity contribution in [3.8, 4) is 5.75 Å². The van der Waals surface area contributed by atoms with E-state index in [2.05, 4.69) is 0 Å². The van der Waals surface area contributed by atoms with Crippen molar-refractivity contribution in [2.24, 2.45) is 5.92 Å². The number of ether oxygens (including phenoxy) is 2. The summed E-state index contributed by atoms with van der Waals surface area (Å²) in [6, 6.07) is 13.3. The Bertz CT molecular complexity index is 1250. The van der Waals surface area contributed by atoms with Crippen molar-refractivity contribution in [3.05, 3.63) is 59.2 Å². The van der Waals surface area contributed by atoms with Gasteiger partial charge in [-0.1, -0.05) is 31.2 Å². The van der Waals surface area contributed by atoms with Gasteiger partial charge in [0.2, 0.25) is 20.2 Å². The Hall–Kier alpha value is -2.75. The molecule has 1 saturated heterocycles. The third-order valence-corrected chi connectivity index (χ3v) is 11.3. The molecule has 9 heteroatoms. The van der Waals surface area contributed by atoms with Crippen LogP contribution >= 0.6 is 0 Å². The highest BCUT2D eigenvalue weighted by atomic mass is 28.4. The fourth-order valence-corrected chi connectivity index (χ4v) is 8.52. The molecule has 1 fully saturated rings. The number of hydrogen-bond acceptors (Lipinski definition) is 5. The molecule has 7 nitrogen and oxygen atoms in total. The van der Waals surface area contributed by atoms with Crippen molar-refractivity contribution in [1.29, 1.82) is 0 Å². The van der Waals surface area contributed by atoms with Crippen LogP contribution in [0.2, 0.25) is 18.6 Å². The minimum Gasteiger partial charge on any atom is -0.490 e. The van der Waals surface area contributed by atoms with Crippen LogP contribution in [0.25, 0.3) is 0 Å². The molecular weight excluding hydrogens is 527 g/mol. The zero-order chi connectivity index (χ0) is 28.6. The number of fused-ring (bicyclic) bond motifs is 2. The van der Waals surface area contributed by atoms with Crippen LogP contribution in [0.5, 0.6) is 5.75 Å². The second kappa shape index (κ2) is 11.6. The second-order valence-electron chi connectivity index (χ2n) is 12.0. The lowest BCUT2D eigenvalue weighted by Crippen LogP contribution is -2.50. The standard InChI is InChI=1S/C31H41FN2O5Si/c1-20-30(38-2)25-16-23(33-14-8-7-11-28(33)36)12-13-26(25)39-31(20)27(40(3,4)32)17-29(37)34-18-22-10-6-5-9-21(22)15-24(34)19-35/h5-6,9-10,12-13,16,20,24,27,30-31,35H,7-8,11,14-15,17-19H2,1-4H3/t20-,24-,27?,30-,31-/m0/s1. The van der Waals surface area contributed by atoms with E-state index < -0.39 is 20.1 Å². The van der Waals surface area contributed by atoms with E-state index in [0.29, 0.717) is 31.7 Å². The summed E-state index contributed by atoms with van der Waals surface area (Å²) in [6.45, 7) is 6.22. The Morgan fingerprint density at radius 2 is 1.95 bits per heavy atom. The Balaban J connectivity index is 1.41. The minimum absolute atomic E-state index is 0.00945. The van der Waals surface area contributed by atoms with Gasteiger partial charge >= 0.3 is 0 Å². The van der Waals surface area contributed by atoms with Crippen LogP contribution in [0.1, 0.15) is 55.4 Å². The molecule has 0 aromatic heterocycles. The number of halogens is 1. The normalized spacial score (nSPS) is 25.6. The Labute approximate surface area is 237 Å². The summed E-state index contributed by atoms with van der Waals surface area (Å²) in [5.74, 6) is 0.347. The van der Waals surface area contributed by atoms with Crippen molar-refractivity contribution in [1.82, 2.24) is 4.90 Å². The molecule has 0 radical (unpaired) electrons. The van der Waals surface area contributed by atoms with Gasteiger partial charge in [0.25, 0.3) is 0 Å². The number of rotatable bonds is 7. The van der Waals surface area contributed by atoms with Gasteiger partial charge in [0.1, 0.15) is 11.9 Å². The van der Waals surface area contributed by atoms with Gasteiger partial charge in [-0.15, -0.1) is 0 Å². The van der Waals surface area contributed by atoms with Crippen molar-refractivity contribution in [3.63, 3.8) is 0 Å². The highest BCUT2D eigenvalue weighted by Gasteiger charge is 2.49. The number of nitrogens with zero attached hydrogens (tertiary/aromatic N) is 2. The summed E-state index contributed by atoms with van der Waals surface area (Å²) in [6.07, 6.45) is 2.10. The molecule has 0 spiro atoms. The number of aliphatic hydroxyl groups excluding tert-OH is 1. The molecule has 2 aromatic carbocycles. The van der Waals surface area contributed by atoms with E-state index in [-0.39, 0.29) is 42.9 Å². The number of hydrogen-bond donors (Lipinski definition) is 1. The smallest absolute Gasteiger partial charge is 0.248 e. The number of benzene rings is 2. The average molecular weight is 569 g/mol. The van der Waals surface area contributed by atoms with E-state index in [1.165, 1.54) is 0 Å². The van der Waals surface area contributed by atoms with Crippen molar-refractivity contribution >= 4 is 25.9 Å². The maximum absolute atomic E-state index is 16.1. The van der Waals surface area contributed by atoms with Gasteiger partial charge in [-0.3, -0.25) is 9.59 Å². The van der Waals surface area contributed by atoms with Crippen LogP contribution in [-0.2, 0) is 27.3 Å². The second-order valence-corrected chi connectivity index (χ2v) is 15.9. The number of anilines is 1. The highest BCUT2D eigenvalue weighted by molar-refractivity contribution is 6.72. The number of carbonyl (C=O) groups excluding carboxylic acids is 2. The number of methoxy groups -OCH3 is 1. The zero-order valence-corrected chi connectivity index (χ0v) is 24.9. The van der Waals surface area contributed by atoms with Crippen molar-refractivity contribution < 1.29 is 28.3 Å². The lowest BCUT2D eigenvalue weighted by Gasteiger charge is -2.44. The molecule has 0 aliphatic carbocycles. The van der Waals surface area contributed by atoms with E-state index in [1.807, 2.05) is 54.3 Å². The van der Waals surface area contributed by atoms with Crippen LogP contribution in [0, 0.1) is 5.92 Å². The van der Waals surface area contributed by atoms with E-state index >= 15 is 4.11 Å². The molecule has 1 unspecified atom stereocenters. The summed E-state index contributed by atoms with van der Waals surface area (Å²) < 4.78 is 28.6. The van der Waals surface area contributed by atoms with Gasteiger partial charge in [-0.2, -0.15) is 0 Å². The first-order valence-electron chi connectivity index (χ1n) is 14.4. The maximum Gasteiger partial charge on any atom is 0.248 e. The molecule has 3 aliphatic rings. The van der Waals surface area contributed by atoms with Crippen LogP contribution in [0.15, 0.2) is 42.5 Å². The maximum atomic E-state index is 16.1. The predicted molar refractivity (Wildman–Crippen MR) is 155 cm³/mol. The lowest BCUT2D eigenvalue weighted by atomic mass is 9.86. The van der Waals surface area contributed by atoms with Crippen LogP contribution in [-0.4, -0.2) is 62.6 Å². The van der Waals surface area contributed by atoms with Crippen LogP contribution < -0.4 is 9.64 Å². The summed E-state index contributed by atoms with van der Waals surface area (Å²) in [4.78, 5) is 29.9. The van der Waals surface area contributed by atoms with Gasteiger partial charge in [0, 0.05) is 55.8 Å². The fourth-order valence-electron chi connectivity index (χ4n) is 6.71. The third-order valence-electron chi connectivity index (χ3n) is 9.01.